The maximum absolute atomic E-state index is 6.24. The molecule has 0 saturated heterocycles. The molecule has 0 fully saturated rings. The molecule has 0 aliphatic heterocycles. The molecule has 0 aliphatic rings. The first-order valence-corrected chi connectivity index (χ1v) is 6.36. The van der Waals surface area contributed by atoms with E-state index in [1.165, 1.54) is 5.56 Å². The predicted octanol–water partition coefficient (Wildman–Crippen LogP) is 2.56. The van der Waals surface area contributed by atoms with Crippen molar-refractivity contribution >= 4 is 11.6 Å². The van der Waals surface area contributed by atoms with Gasteiger partial charge in [-0.2, -0.15) is 5.10 Å². The van der Waals surface area contributed by atoms with E-state index in [-0.39, 0.29) is 0 Å². The molecule has 0 atom stereocenters. The zero-order valence-corrected chi connectivity index (χ0v) is 11.6. The highest BCUT2D eigenvalue weighted by Crippen LogP contribution is 2.23. The highest BCUT2D eigenvalue weighted by atomic mass is 35.5. The van der Waals surface area contributed by atoms with Crippen LogP contribution in [-0.4, -0.2) is 14.8 Å². The predicted molar refractivity (Wildman–Crippen MR) is 73.1 cm³/mol. The Bertz CT molecular complexity index is 575. The largest absolute Gasteiger partial charge is 0.326 e. The summed E-state index contributed by atoms with van der Waals surface area (Å²) in [6.45, 7) is 6.59. The van der Waals surface area contributed by atoms with E-state index in [1.54, 1.807) is 10.9 Å². The number of hydrogen-bond donors (Lipinski definition) is 1. The molecule has 96 valence electrons. The Labute approximate surface area is 112 Å². The van der Waals surface area contributed by atoms with Crippen molar-refractivity contribution in [3.8, 4) is 5.82 Å². The van der Waals surface area contributed by atoms with Gasteiger partial charge < -0.3 is 5.73 Å². The number of hydrogen-bond acceptors (Lipinski definition) is 3. The molecule has 2 aromatic heterocycles. The van der Waals surface area contributed by atoms with Gasteiger partial charge >= 0.3 is 0 Å². The molecule has 0 spiro atoms. The Kier molecular flexibility index (Phi) is 3.68. The van der Waals surface area contributed by atoms with Crippen molar-refractivity contribution in [1.29, 1.82) is 0 Å². The molecule has 0 aromatic carbocycles. The van der Waals surface area contributed by atoms with E-state index < -0.39 is 0 Å². The van der Waals surface area contributed by atoms with Crippen molar-refractivity contribution in [2.45, 2.75) is 33.7 Å². The van der Waals surface area contributed by atoms with Crippen molar-refractivity contribution in [2.75, 3.05) is 0 Å². The molecule has 4 nitrogen and oxygen atoms in total. The Hall–Kier alpha value is -1.39. The van der Waals surface area contributed by atoms with E-state index >= 15 is 0 Å². The first-order valence-electron chi connectivity index (χ1n) is 5.98. The summed E-state index contributed by atoms with van der Waals surface area (Å²) in [5, 5.41) is 5.08. The van der Waals surface area contributed by atoms with Crippen molar-refractivity contribution in [2.24, 2.45) is 5.73 Å². The third-order valence-corrected chi connectivity index (χ3v) is 3.39. The molecule has 2 aromatic rings. The summed E-state index contributed by atoms with van der Waals surface area (Å²) in [5.74, 6) is 0.661. The summed E-state index contributed by atoms with van der Waals surface area (Å²) in [7, 11) is 0. The molecule has 0 aliphatic carbocycles. The van der Waals surface area contributed by atoms with Crippen LogP contribution in [0.15, 0.2) is 12.3 Å². The smallest absolute Gasteiger partial charge is 0.172 e. The van der Waals surface area contributed by atoms with E-state index in [0.29, 0.717) is 17.4 Å². The summed E-state index contributed by atoms with van der Waals surface area (Å²) >= 11 is 6.24. The van der Waals surface area contributed by atoms with Gasteiger partial charge in [-0.05, 0) is 37.5 Å². The summed E-state index contributed by atoms with van der Waals surface area (Å²) < 4.78 is 1.80. The Morgan fingerprint density at radius 3 is 2.61 bits per heavy atom. The molecule has 0 bridgehead atoms. The van der Waals surface area contributed by atoms with Gasteiger partial charge in [0.25, 0.3) is 0 Å². The van der Waals surface area contributed by atoms with Crippen molar-refractivity contribution in [1.82, 2.24) is 14.8 Å². The molecule has 2 N–H and O–H groups in total. The molecule has 2 heterocycles. The van der Waals surface area contributed by atoms with Crippen molar-refractivity contribution in [3.05, 3.63) is 39.8 Å². The standard InChI is InChI=1S/C13H17ClN4/c1-4-11-8(2)17-18(9(11)3)13-12(14)5-10(6-15)7-16-13/h5,7H,4,6,15H2,1-3H3. The zero-order chi connectivity index (χ0) is 13.3. The van der Waals surface area contributed by atoms with E-state index in [9.17, 15) is 0 Å². The van der Waals surface area contributed by atoms with Crippen molar-refractivity contribution in [3.63, 3.8) is 0 Å². The van der Waals surface area contributed by atoms with Crippen LogP contribution in [0.4, 0.5) is 0 Å². The van der Waals surface area contributed by atoms with E-state index in [4.69, 9.17) is 17.3 Å². The summed E-state index contributed by atoms with van der Waals surface area (Å²) in [4.78, 5) is 4.36. The number of nitrogens with two attached hydrogens (primary N) is 1. The van der Waals surface area contributed by atoms with Gasteiger partial charge in [-0.1, -0.05) is 18.5 Å². The van der Waals surface area contributed by atoms with Gasteiger partial charge in [-0.25, -0.2) is 9.67 Å². The van der Waals surface area contributed by atoms with E-state index in [2.05, 4.69) is 17.0 Å². The molecular formula is C13H17ClN4. The topological polar surface area (TPSA) is 56.7 Å². The maximum Gasteiger partial charge on any atom is 0.172 e. The van der Waals surface area contributed by atoms with Crippen molar-refractivity contribution < 1.29 is 0 Å². The fourth-order valence-corrected chi connectivity index (χ4v) is 2.40. The average Bonchev–Trinajstić information content (AvgIpc) is 2.64. The van der Waals surface area contributed by atoms with Crippen LogP contribution in [0.25, 0.3) is 5.82 Å². The van der Waals surface area contributed by atoms with Crippen LogP contribution in [0.1, 0.15) is 29.4 Å². The van der Waals surface area contributed by atoms with Gasteiger partial charge in [-0.3, -0.25) is 0 Å². The first-order chi connectivity index (χ1) is 8.58. The quantitative estimate of drug-likeness (QED) is 0.927. The lowest BCUT2D eigenvalue weighted by atomic mass is 10.1. The van der Waals surface area contributed by atoms with Crippen LogP contribution in [0.3, 0.4) is 0 Å². The number of pyridine rings is 1. The fraction of sp³-hybridized carbons (Fsp3) is 0.385. The van der Waals surface area contributed by atoms with E-state index in [0.717, 1.165) is 23.4 Å². The number of halogens is 1. The summed E-state index contributed by atoms with van der Waals surface area (Å²) in [5.41, 5.74) is 9.84. The number of nitrogens with zero attached hydrogens (tertiary/aromatic N) is 3. The van der Waals surface area contributed by atoms with Gasteiger partial charge in [0.05, 0.1) is 10.7 Å². The number of rotatable bonds is 3. The van der Waals surface area contributed by atoms with Crippen LogP contribution in [0, 0.1) is 13.8 Å². The molecule has 0 amide bonds. The maximum atomic E-state index is 6.24. The molecule has 2 rings (SSSR count). The van der Waals surface area contributed by atoms with Gasteiger partial charge in [0.1, 0.15) is 0 Å². The minimum Gasteiger partial charge on any atom is -0.326 e. The fourth-order valence-electron chi connectivity index (χ4n) is 2.13. The van der Waals surface area contributed by atoms with Gasteiger partial charge in [0, 0.05) is 18.4 Å². The minimum atomic E-state index is 0.435. The molecule has 0 radical (unpaired) electrons. The Morgan fingerprint density at radius 2 is 2.11 bits per heavy atom. The minimum absolute atomic E-state index is 0.435. The lowest BCUT2D eigenvalue weighted by molar-refractivity contribution is 0.802. The molecule has 0 unspecified atom stereocenters. The first kappa shape index (κ1) is 13.1. The van der Waals surface area contributed by atoms with Crippen LogP contribution >= 0.6 is 11.6 Å². The lowest BCUT2D eigenvalue weighted by Crippen LogP contribution is -2.05. The summed E-state index contributed by atoms with van der Waals surface area (Å²) in [6.07, 6.45) is 2.69. The van der Waals surface area contributed by atoms with Gasteiger partial charge in [-0.15, -0.1) is 0 Å². The second-order valence-electron chi connectivity index (χ2n) is 4.27. The van der Waals surface area contributed by atoms with Crippen LogP contribution in [-0.2, 0) is 13.0 Å². The van der Waals surface area contributed by atoms with E-state index in [1.807, 2.05) is 19.9 Å². The Balaban J connectivity index is 2.55. The molecule has 5 heteroatoms. The molecule has 0 saturated carbocycles. The average molecular weight is 265 g/mol. The second kappa shape index (κ2) is 5.08. The normalized spacial score (nSPS) is 10.9. The molecular weight excluding hydrogens is 248 g/mol. The van der Waals surface area contributed by atoms with Crippen LogP contribution in [0.5, 0.6) is 0 Å². The lowest BCUT2D eigenvalue weighted by Gasteiger charge is -2.07. The molecule has 18 heavy (non-hydrogen) atoms. The third kappa shape index (κ3) is 2.13. The monoisotopic (exact) mass is 264 g/mol. The number of aryl methyl sites for hydroxylation is 1. The Morgan fingerprint density at radius 1 is 1.39 bits per heavy atom. The third-order valence-electron chi connectivity index (χ3n) is 3.11. The zero-order valence-electron chi connectivity index (χ0n) is 10.9. The second-order valence-corrected chi connectivity index (χ2v) is 4.68. The number of aromatic nitrogens is 3. The SMILES string of the molecule is CCc1c(C)nn(-c2ncc(CN)cc2Cl)c1C. The van der Waals surface area contributed by atoms with Crippen LogP contribution in [0.2, 0.25) is 5.02 Å². The van der Waals surface area contributed by atoms with Crippen LogP contribution < -0.4 is 5.73 Å². The highest BCUT2D eigenvalue weighted by Gasteiger charge is 2.14. The highest BCUT2D eigenvalue weighted by molar-refractivity contribution is 6.32. The summed E-state index contributed by atoms with van der Waals surface area (Å²) in [6, 6.07) is 1.84. The van der Waals surface area contributed by atoms with Gasteiger partial charge in [0.15, 0.2) is 5.82 Å². The van der Waals surface area contributed by atoms with Gasteiger partial charge in [0.2, 0.25) is 0 Å².